The third-order valence-electron chi connectivity index (χ3n) is 4.08. The third-order valence-corrected chi connectivity index (χ3v) is 7.72. The highest BCUT2D eigenvalue weighted by molar-refractivity contribution is 7.93. The Morgan fingerprint density at radius 3 is 2.64 bits per heavy atom. The first-order valence-corrected chi connectivity index (χ1v) is 10.4. The average molecular weight is 393 g/mol. The van der Waals surface area contributed by atoms with Crippen LogP contribution in [0.25, 0.3) is 16.9 Å². The Morgan fingerprint density at radius 2 is 1.92 bits per heavy atom. The van der Waals surface area contributed by atoms with Gasteiger partial charge in [-0.15, -0.1) is 11.3 Å². The molecule has 8 heteroatoms. The minimum absolute atomic E-state index is 0.0148. The minimum atomic E-state index is -3.37. The van der Waals surface area contributed by atoms with Gasteiger partial charge in [0.15, 0.2) is 9.84 Å². The molecule has 4 rings (SSSR count). The number of thiophene rings is 1. The molecular weight excluding hydrogens is 380 g/mol. The van der Waals surface area contributed by atoms with Crippen molar-refractivity contribution in [3.63, 3.8) is 0 Å². The number of rotatable bonds is 1. The lowest BCUT2D eigenvalue weighted by molar-refractivity contribution is 0.598. The highest BCUT2D eigenvalue weighted by Crippen LogP contribution is 2.38. The van der Waals surface area contributed by atoms with Crippen LogP contribution in [0.15, 0.2) is 45.4 Å². The van der Waals surface area contributed by atoms with Crippen LogP contribution in [-0.4, -0.2) is 24.0 Å². The zero-order valence-corrected chi connectivity index (χ0v) is 15.6. The molecule has 0 radical (unpaired) electrons. The van der Waals surface area contributed by atoms with E-state index in [0.717, 1.165) is 4.88 Å². The molecule has 1 aliphatic rings. The molecule has 0 saturated carbocycles. The Morgan fingerprint density at radius 1 is 1.20 bits per heavy atom. The number of sulfone groups is 1. The van der Waals surface area contributed by atoms with E-state index >= 15 is 0 Å². The van der Waals surface area contributed by atoms with E-state index in [2.05, 4.69) is 5.10 Å². The minimum Gasteiger partial charge on any atom is -0.267 e. The van der Waals surface area contributed by atoms with Crippen LogP contribution >= 0.6 is 22.9 Å². The molecule has 0 amide bonds. The second-order valence-electron chi connectivity index (χ2n) is 5.87. The van der Waals surface area contributed by atoms with Gasteiger partial charge in [-0.25, -0.2) is 8.42 Å². The van der Waals surface area contributed by atoms with Gasteiger partial charge < -0.3 is 0 Å². The maximum Gasteiger partial charge on any atom is 0.271 e. The van der Waals surface area contributed by atoms with Gasteiger partial charge in [-0.2, -0.15) is 9.78 Å². The predicted molar refractivity (Wildman–Crippen MR) is 98.7 cm³/mol. The first-order chi connectivity index (χ1) is 11.8. The maximum atomic E-state index is 12.5. The molecule has 0 unspecified atom stereocenters. The number of halogens is 1. The summed E-state index contributed by atoms with van der Waals surface area (Å²) in [6, 6.07) is 10.1. The summed E-state index contributed by atoms with van der Waals surface area (Å²) in [6.07, 6.45) is 0.280. The Bertz CT molecular complexity index is 1150. The quantitative estimate of drug-likeness (QED) is 0.637. The number of aryl methyl sites for hydroxylation is 2. The van der Waals surface area contributed by atoms with E-state index in [4.69, 9.17) is 11.6 Å². The first kappa shape index (κ1) is 16.5. The summed E-state index contributed by atoms with van der Waals surface area (Å²) in [5, 5.41) is 5.06. The summed E-state index contributed by atoms with van der Waals surface area (Å²) in [5.41, 5.74) is 2.08. The summed E-state index contributed by atoms with van der Waals surface area (Å²) in [5.74, 6) is -0.0148. The fraction of sp³-hybridized carbons (Fsp3) is 0.176. The SMILES string of the molecule is Cc1cc2c(s1)S(=O)(=O)CCc1cc(=O)n(-c3ccc(Cl)cc3)nc1-2. The van der Waals surface area contributed by atoms with Crippen LogP contribution in [0.3, 0.4) is 0 Å². The molecule has 2 aromatic heterocycles. The second kappa shape index (κ2) is 5.79. The van der Waals surface area contributed by atoms with Crippen LogP contribution in [0.4, 0.5) is 0 Å². The van der Waals surface area contributed by atoms with Gasteiger partial charge in [0, 0.05) is 21.5 Å². The molecule has 128 valence electrons. The van der Waals surface area contributed by atoms with Gasteiger partial charge in [0.05, 0.1) is 17.1 Å². The molecular formula is C17H13ClN2O3S2. The maximum absolute atomic E-state index is 12.5. The topological polar surface area (TPSA) is 69.0 Å². The van der Waals surface area contributed by atoms with E-state index < -0.39 is 9.84 Å². The summed E-state index contributed by atoms with van der Waals surface area (Å²) in [7, 11) is -3.37. The number of hydrogen-bond acceptors (Lipinski definition) is 5. The van der Waals surface area contributed by atoms with Crippen LogP contribution in [0.2, 0.25) is 5.02 Å². The zero-order valence-electron chi connectivity index (χ0n) is 13.2. The lowest BCUT2D eigenvalue weighted by atomic mass is 10.1. The highest BCUT2D eigenvalue weighted by atomic mass is 35.5. The van der Waals surface area contributed by atoms with E-state index in [-0.39, 0.29) is 17.7 Å². The van der Waals surface area contributed by atoms with Crippen LogP contribution < -0.4 is 5.56 Å². The molecule has 25 heavy (non-hydrogen) atoms. The standard InChI is InChI=1S/C17H13ClN2O3S2/c1-10-8-14-16-11(6-7-25(22,23)17(14)24-10)9-15(21)20(19-16)13-4-2-12(18)3-5-13/h2-5,8-9H,6-7H2,1H3. The van der Waals surface area contributed by atoms with Crippen LogP contribution in [0.5, 0.6) is 0 Å². The molecule has 0 N–H and O–H groups in total. The number of aromatic nitrogens is 2. The number of nitrogens with zero attached hydrogens (tertiary/aromatic N) is 2. The highest BCUT2D eigenvalue weighted by Gasteiger charge is 2.29. The van der Waals surface area contributed by atoms with Crippen molar-refractivity contribution >= 4 is 32.8 Å². The van der Waals surface area contributed by atoms with Crippen molar-refractivity contribution in [2.45, 2.75) is 17.6 Å². The van der Waals surface area contributed by atoms with Gasteiger partial charge in [-0.1, -0.05) is 11.6 Å². The molecule has 0 saturated heterocycles. The summed E-state index contributed by atoms with van der Waals surface area (Å²) >= 11 is 7.15. The predicted octanol–water partition coefficient (Wildman–Crippen LogP) is 3.25. The van der Waals surface area contributed by atoms with Crippen LogP contribution in [0.1, 0.15) is 10.4 Å². The average Bonchev–Trinajstić information content (AvgIpc) is 2.93. The molecule has 0 aliphatic carbocycles. The molecule has 3 aromatic rings. The van der Waals surface area contributed by atoms with Crippen LogP contribution in [-0.2, 0) is 16.3 Å². The Balaban J connectivity index is 2.00. The lowest BCUT2D eigenvalue weighted by Crippen LogP contribution is -2.22. The Kier molecular flexibility index (Phi) is 3.82. The Labute approximate surface area is 153 Å². The fourth-order valence-electron chi connectivity index (χ4n) is 2.90. The number of fused-ring (bicyclic) bond motifs is 3. The van der Waals surface area contributed by atoms with E-state index in [0.29, 0.717) is 31.7 Å². The molecule has 0 atom stereocenters. The largest absolute Gasteiger partial charge is 0.271 e. The van der Waals surface area contributed by atoms with Gasteiger partial charge in [0.1, 0.15) is 4.21 Å². The van der Waals surface area contributed by atoms with E-state index in [1.165, 1.54) is 22.1 Å². The molecule has 3 heterocycles. The Hall–Kier alpha value is -1.96. The van der Waals surface area contributed by atoms with Crippen molar-refractivity contribution in [3.05, 3.63) is 62.2 Å². The number of hydrogen-bond donors (Lipinski definition) is 0. The van der Waals surface area contributed by atoms with Crippen molar-refractivity contribution in [1.29, 1.82) is 0 Å². The van der Waals surface area contributed by atoms with Gasteiger partial charge in [-0.05, 0) is 49.2 Å². The van der Waals surface area contributed by atoms with Gasteiger partial charge >= 0.3 is 0 Å². The van der Waals surface area contributed by atoms with E-state index in [9.17, 15) is 13.2 Å². The lowest BCUT2D eigenvalue weighted by Gasteiger charge is -2.10. The van der Waals surface area contributed by atoms with Crippen molar-refractivity contribution in [3.8, 4) is 16.9 Å². The molecule has 1 aliphatic heterocycles. The van der Waals surface area contributed by atoms with Crippen molar-refractivity contribution < 1.29 is 8.42 Å². The summed E-state index contributed by atoms with van der Waals surface area (Å²) in [4.78, 5) is 13.4. The smallest absolute Gasteiger partial charge is 0.267 e. The third kappa shape index (κ3) is 2.82. The summed E-state index contributed by atoms with van der Waals surface area (Å²) < 4.78 is 26.7. The molecule has 0 bridgehead atoms. The van der Waals surface area contributed by atoms with Crippen molar-refractivity contribution in [2.24, 2.45) is 0 Å². The fourth-order valence-corrected chi connectivity index (χ4v) is 6.08. The van der Waals surface area contributed by atoms with E-state index in [1.807, 2.05) is 13.0 Å². The van der Waals surface area contributed by atoms with Gasteiger partial charge in [-0.3, -0.25) is 4.79 Å². The van der Waals surface area contributed by atoms with Crippen LogP contribution in [0, 0.1) is 6.92 Å². The van der Waals surface area contributed by atoms with E-state index in [1.54, 1.807) is 24.3 Å². The van der Waals surface area contributed by atoms with Crippen molar-refractivity contribution in [2.75, 3.05) is 5.75 Å². The molecule has 0 fully saturated rings. The normalized spacial score (nSPS) is 15.3. The number of benzene rings is 1. The molecule has 0 spiro atoms. The van der Waals surface area contributed by atoms with Gasteiger partial charge in [0.25, 0.3) is 5.56 Å². The zero-order chi connectivity index (χ0) is 17.8. The first-order valence-electron chi connectivity index (χ1n) is 7.58. The summed E-state index contributed by atoms with van der Waals surface area (Å²) in [6.45, 7) is 1.86. The monoisotopic (exact) mass is 392 g/mol. The van der Waals surface area contributed by atoms with Crippen molar-refractivity contribution in [1.82, 2.24) is 9.78 Å². The molecule has 1 aromatic carbocycles. The van der Waals surface area contributed by atoms with Gasteiger partial charge in [0.2, 0.25) is 0 Å². The molecule has 5 nitrogen and oxygen atoms in total. The second-order valence-corrected chi connectivity index (χ2v) is 9.87.